The highest BCUT2D eigenvalue weighted by atomic mass is 32.2. The number of imidazole rings is 1. The molecule has 1 aliphatic rings. The zero-order valence-corrected chi connectivity index (χ0v) is 21.3. The largest absolute Gasteiger partial charge is 0.501 e. The highest BCUT2D eigenvalue weighted by Gasteiger charge is 2.46. The van der Waals surface area contributed by atoms with Crippen molar-refractivity contribution in [1.82, 2.24) is 14.1 Å². The van der Waals surface area contributed by atoms with Gasteiger partial charge in [-0.05, 0) is 68.1 Å². The number of aromatic hydroxyl groups is 1. The van der Waals surface area contributed by atoms with Gasteiger partial charge in [0.15, 0.2) is 0 Å². The van der Waals surface area contributed by atoms with Crippen molar-refractivity contribution in [3.05, 3.63) is 76.3 Å². The number of fused-ring (bicyclic) bond motifs is 1. The van der Waals surface area contributed by atoms with Crippen LogP contribution in [0, 0.1) is 6.92 Å². The van der Waals surface area contributed by atoms with Crippen molar-refractivity contribution in [3.8, 4) is 11.6 Å². The number of para-hydroxylation sites is 1. The quantitative estimate of drug-likeness (QED) is 0.395. The molecule has 0 aliphatic carbocycles. The summed E-state index contributed by atoms with van der Waals surface area (Å²) in [7, 11) is -5.54. The molecule has 1 aliphatic heterocycles. The Morgan fingerprint density at radius 1 is 1.00 bits per heavy atom. The number of rotatable bonds is 5. The van der Waals surface area contributed by atoms with Gasteiger partial charge in [0, 0.05) is 18.5 Å². The molecule has 0 spiro atoms. The number of pyridine rings is 1. The van der Waals surface area contributed by atoms with Gasteiger partial charge in [0.2, 0.25) is 5.88 Å². The average Bonchev–Trinajstić information content (AvgIpc) is 3.11. The lowest BCUT2D eigenvalue weighted by Crippen LogP contribution is -2.30. The maximum atomic E-state index is 13.4. The normalized spacial score (nSPS) is 14.8. The molecule has 5 rings (SSSR count). The van der Waals surface area contributed by atoms with E-state index in [0.29, 0.717) is 0 Å². The van der Waals surface area contributed by atoms with Crippen LogP contribution in [-0.4, -0.2) is 46.2 Å². The molecule has 1 saturated heterocycles. The maximum Gasteiger partial charge on any atom is 0.501 e. The Kier molecular flexibility index (Phi) is 6.46. The average molecular weight is 547 g/mol. The number of hydrogen-bond acceptors (Lipinski definition) is 6. The van der Waals surface area contributed by atoms with Gasteiger partial charge < -0.3 is 10.0 Å². The van der Waals surface area contributed by atoms with Crippen LogP contribution in [0.15, 0.2) is 64.3 Å². The first-order chi connectivity index (χ1) is 18.0. The molecule has 0 bridgehead atoms. The van der Waals surface area contributed by atoms with Gasteiger partial charge in [0.05, 0.1) is 28.3 Å². The van der Waals surface area contributed by atoms with Crippen LogP contribution in [0.5, 0.6) is 5.88 Å². The minimum atomic E-state index is -5.54. The first kappa shape index (κ1) is 25.8. The minimum Gasteiger partial charge on any atom is -0.493 e. The SMILES string of the molecule is Cc1c(O)n(-c2ccc(S(=O)(=O)C(F)(F)F)cc2)c(=O)n1Cc1cc(N2CCCCC2)nc2ccccc12. The van der Waals surface area contributed by atoms with E-state index in [9.17, 15) is 31.5 Å². The number of alkyl halides is 3. The Labute approximate surface area is 216 Å². The highest BCUT2D eigenvalue weighted by molar-refractivity contribution is 7.92. The Balaban J connectivity index is 1.55. The molecule has 0 radical (unpaired) electrons. The van der Waals surface area contributed by atoms with Gasteiger partial charge >= 0.3 is 11.2 Å². The lowest BCUT2D eigenvalue weighted by Gasteiger charge is -2.28. The van der Waals surface area contributed by atoms with Crippen molar-refractivity contribution in [2.45, 2.75) is 43.1 Å². The summed E-state index contributed by atoms with van der Waals surface area (Å²) in [6.07, 6.45) is 3.31. The van der Waals surface area contributed by atoms with Crippen molar-refractivity contribution in [3.63, 3.8) is 0 Å². The Morgan fingerprint density at radius 2 is 1.66 bits per heavy atom. The molecule has 0 atom stereocenters. The third-order valence-electron chi connectivity index (χ3n) is 6.87. The molecule has 2 aromatic carbocycles. The molecule has 3 heterocycles. The number of hydrogen-bond donors (Lipinski definition) is 1. The predicted octanol–water partition coefficient (Wildman–Crippen LogP) is 4.53. The fourth-order valence-electron chi connectivity index (χ4n) is 4.78. The molecule has 1 N–H and O–H groups in total. The van der Waals surface area contributed by atoms with Crippen molar-refractivity contribution >= 4 is 26.6 Å². The van der Waals surface area contributed by atoms with Gasteiger partial charge in [0.25, 0.3) is 9.84 Å². The molecule has 1 fully saturated rings. The molecule has 38 heavy (non-hydrogen) atoms. The van der Waals surface area contributed by atoms with Crippen molar-refractivity contribution < 1.29 is 26.7 Å². The molecule has 0 saturated carbocycles. The van der Waals surface area contributed by atoms with E-state index >= 15 is 0 Å². The van der Waals surface area contributed by atoms with E-state index in [1.165, 1.54) is 11.0 Å². The number of nitrogens with zero attached hydrogens (tertiary/aromatic N) is 4. The lowest BCUT2D eigenvalue weighted by atomic mass is 10.1. The first-order valence-electron chi connectivity index (χ1n) is 12.1. The molecule has 12 heteroatoms. The van der Waals surface area contributed by atoms with Crippen molar-refractivity contribution in [1.29, 1.82) is 0 Å². The fourth-order valence-corrected chi connectivity index (χ4v) is 5.54. The van der Waals surface area contributed by atoms with Crippen LogP contribution in [0.1, 0.15) is 30.5 Å². The summed E-state index contributed by atoms with van der Waals surface area (Å²) in [6, 6.07) is 13.2. The Morgan fingerprint density at radius 3 is 2.32 bits per heavy atom. The van der Waals surface area contributed by atoms with Crippen LogP contribution in [0.4, 0.5) is 19.0 Å². The Bertz CT molecular complexity index is 1670. The molecule has 8 nitrogen and oxygen atoms in total. The monoisotopic (exact) mass is 546 g/mol. The van der Waals surface area contributed by atoms with Gasteiger partial charge in [-0.15, -0.1) is 0 Å². The van der Waals surface area contributed by atoms with E-state index in [1.54, 1.807) is 6.92 Å². The zero-order chi connectivity index (χ0) is 27.2. The predicted molar refractivity (Wildman–Crippen MR) is 137 cm³/mol. The number of sulfone groups is 1. The van der Waals surface area contributed by atoms with Crippen LogP contribution >= 0.6 is 0 Å². The summed E-state index contributed by atoms with van der Waals surface area (Å²) in [4.78, 5) is 19.5. The number of piperidine rings is 1. The third kappa shape index (κ3) is 4.42. The minimum absolute atomic E-state index is 0.0315. The third-order valence-corrected chi connectivity index (χ3v) is 8.37. The molecule has 200 valence electrons. The maximum absolute atomic E-state index is 13.4. The van der Waals surface area contributed by atoms with Crippen LogP contribution in [0.25, 0.3) is 16.6 Å². The molecule has 0 unspecified atom stereocenters. The summed E-state index contributed by atoms with van der Waals surface area (Å²) in [5.74, 6) is 0.422. The van der Waals surface area contributed by atoms with E-state index in [2.05, 4.69) is 4.90 Å². The van der Waals surface area contributed by atoms with Crippen LogP contribution < -0.4 is 10.6 Å². The van der Waals surface area contributed by atoms with E-state index in [4.69, 9.17) is 4.98 Å². The zero-order valence-electron chi connectivity index (χ0n) is 20.4. The number of aromatic nitrogens is 3. The van der Waals surface area contributed by atoms with Crippen molar-refractivity contribution in [2.24, 2.45) is 0 Å². The smallest absolute Gasteiger partial charge is 0.493 e. The highest BCUT2D eigenvalue weighted by Crippen LogP contribution is 2.31. The molecule has 0 amide bonds. The van der Waals surface area contributed by atoms with Crippen LogP contribution in [0.3, 0.4) is 0 Å². The number of halogens is 3. The second-order valence-corrected chi connectivity index (χ2v) is 11.2. The first-order valence-corrected chi connectivity index (χ1v) is 13.5. The fraction of sp³-hybridized carbons (Fsp3) is 0.308. The van der Waals surface area contributed by atoms with E-state index in [-0.39, 0.29) is 17.9 Å². The van der Waals surface area contributed by atoms with Crippen molar-refractivity contribution in [2.75, 3.05) is 18.0 Å². The van der Waals surface area contributed by atoms with E-state index in [1.807, 2.05) is 30.3 Å². The standard InChI is InChI=1S/C26H25F3N4O4S/c1-17-24(34)33(19-9-11-20(12-10-19)38(36,37)26(27,28)29)25(35)32(17)16-18-15-23(31-13-5-2-6-14-31)30-22-8-4-3-7-21(18)22/h3-4,7-12,15,34H,2,5-6,13-14,16H2,1H3. The van der Waals surface area contributed by atoms with Crippen LogP contribution in [0.2, 0.25) is 0 Å². The summed E-state index contributed by atoms with van der Waals surface area (Å²) in [5, 5.41) is 11.6. The Hall–Kier alpha value is -3.80. The molecule has 4 aromatic rings. The number of anilines is 1. The van der Waals surface area contributed by atoms with E-state index in [0.717, 1.165) is 77.0 Å². The van der Waals surface area contributed by atoms with Crippen LogP contribution in [-0.2, 0) is 16.4 Å². The van der Waals surface area contributed by atoms with Gasteiger partial charge in [-0.3, -0.25) is 4.57 Å². The molecular formula is C26H25F3N4O4S. The number of benzene rings is 2. The summed E-state index contributed by atoms with van der Waals surface area (Å²) < 4.78 is 64.4. The van der Waals surface area contributed by atoms with Gasteiger partial charge in [-0.1, -0.05) is 18.2 Å². The topological polar surface area (TPSA) is 97.4 Å². The summed E-state index contributed by atoms with van der Waals surface area (Å²) >= 11 is 0. The van der Waals surface area contributed by atoms with Gasteiger partial charge in [-0.2, -0.15) is 13.2 Å². The summed E-state index contributed by atoms with van der Waals surface area (Å²) in [6.45, 7) is 3.46. The van der Waals surface area contributed by atoms with E-state index < -0.39 is 31.8 Å². The second-order valence-electron chi connectivity index (χ2n) is 9.26. The summed E-state index contributed by atoms with van der Waals surface area (Å²) in [5.41, 5.74) is -4.18. The second kappa shape index (κ2) is 9.50. The lowest BCUT2D eigenvalue weighted by molar-refractivity contribution is -0.0436. The van der Waals surface area contributed by atoms with Gasteiger partial charge in [0.1, 0.15) is 5.82 Å². The molecular weight excluding hydrogens is 521 g/mol. The molecule has 2 aromatic heterocycles. The van der Waals surface area contributed by atoms with Gasteiger partial charge in [-0.25, -0.2) is 22.8 Å².